The van der Waals surface area contributed by atoms with Crippen molar-refractivity contribution in [1.29, 1.82) is 0 Å². The number of carbonyl (C=O) groups excluding carboxylic acids is 1. The van der Waals surface area contributed by atoms with Crippen molar-refractivity contribution in [3.8, 4) is 0 Å². The molecule has 0 aromatic carbocycles. The van der Waals surface area contributed by atoms with Gasteiger partial charge in [0.15, 0.2) is 0 Å². The van der Waals surface area contributed by atoms with Gasteiger partial charge in [0.25, 0.3) is 0 Å². The molecule has 0 spiro atoms. The van der Waals surface area contributed by atoms with Gasteiger partial charge >= 0.3 is 5.97 Å². The monoisotopic (exact) mass is 313 g/mol. The first-order valence-electron chi connectivity index (χ1n) is 5.48. The highest BCUT2D eigenvalue weighted by atomic mass is 79.9. The average Bonchev–Trinajstić information content (AvgIpc) is 2.53. The van der Waals surface area contributed by atoms with E-state index < -0.39 is 5.97 Å². The summed E-state index contributed by atoms with van der Waals surface area (Å²) >= 11 is 3.19. The quantitative estimate of drug-likeness (QED) is 0.846. The fourth-order valence-corrected chi connectivity index (χ4v) is 2.16. The molecule has 0 atom stereocenters. The molecular weight excluding hydrogens is 302 g/mol. The van der Waals surface area contributed by atoms with Crippen LogP contribution in [0.3, 0.4) is 0 Å². The van der Waals surface area contributed by atoms with E-state index in [0.29, 0.717) is 23.4 Å². The molecule has 7 heteroatoms. The van der Waals surface area contributed by atoms with E-state index in [9.17, 15) is 9.59 Å². The summed E-state index contributed by atoms with van der Waals surface area (Å²) in [4.78, 5) is 28.5. The van der Waals surface area contributed by atoms with Crippen LogP contribution >= 0.6 is 15.9 Å². The maximum Gasteiger partial charge on any atom is 0.339 e. The van der Waals surface area contributed by atoms with E-state index in [1.54, 1.807) is 4.90 Å². The lowest BCUT2D eigenvalue weighted by molar-refractivity contribution is -0.119. The number of hydrogen-bond acceptors (Lipinski definition) is 4. The highest BCUT2D eigenvalue weighted by molar-refractivity contribution is 9.10. The van der Waals surface area contributed by atoms with Crippen LogP contribution in [0.1, 0.15) is 16.8 Å². The zero-order chi connectivity index (χ0) is 13.1. The number of amides is 1. The van der Waals surface area contributed by atoms with Gasteiger partial charge in [0.05, 0.1) is 6.54 Å². The van der Waals surface area contributed by atoms with Crippen molar-refractivity contribution in [3.05, 3.63) is 22.3 Å². The van der Waals surface area contributed by atoms with E-state index in [1.807, 2.05) is 0 Å². The Morgan fingerprint density at radius 2 is 2.33 bits per heavy atom. The Kier molecular flexibility index (Phi) is 3.81. The number of halogens is 1. The third-order valence-corrected chi connectivity index (χ3v) is 3.06. The molecule has 96 valence electrons. The lowest BCUT2D eigenvalue weighted by Gasteiger charge is -2.21. The zero-order valence-corrected chi connectivity index (χ0v) is 11.1. The summed E-state index contributed by atoms with van der Waals surface area (Å²) in [6.07, 6.45) is 2.30. The van der Waals surface area contributed by atoms with Crippen molar-refractivity contribution in [2.24, 2.45) is 0 Å². The topological polar surface area (TPSA) is 82.5 Å². The van der Waals surface area contributed by atoms with E-state index in [4.69, 9.17) is 5.11 Å². The Morgan fingerprint density at radius 3 is 3.06 bits per heavy atom. The van der Waals surface area contributed by atoms with Gasteiger partial charge in [-0.15, -0.1) is 0 Å². The fourth-order valence-electron chi connectivity index (χ4n) is 1.83. The molecule has 0 radical (unpaired) electrons. The number of carboxylic acid groups (broad SMARTS) is 1. The third kappa shape index (κ3) is 2.79. The molecule has 2 heterocycles. The van der Waals surface area contributed by atoms with Crippen LogP contribution in [-0.2, 0) is 4.79 Å². The van der Waals surface area contributed by atoms with Crippen LogP contribution in [0, 0.1) is 0 Å². The molecule has 2 N–H and O–H groups in total. The first kappa shape index (κ1) is 12.8. The van der Waals surface area contributed by atoms with Gasteiger partial charge in [0.2, 0.25) is 5.91 Å². The van der Waals surface area contributed by atoms with Crippen molar-refractivity contribution >= 4 is 33.6 Å². The van der Waals surface area contributed by atoms with Gasteiger partial charge in [-0.1, -0.05) is 0 Å². The van der Waals surface area contributed by atoms with Gasteiger partial charge in [0.1, 0.15) is 11.4 Å². The van der Waals surface area contributed by atoms with E-state index in [-0.39, 0.29) is 18.0 Å². The lowest BCUT2D eigenvalue weighted by Crippen LogP contribution is -2.34. The van der Waals surface area contributed by atoms with Crippen LogP contribution in [0.15, 0.2) is 16.7 Å². The van der Waals surface area contributed by atoms with Crippen LogP contribution in [0.5, 0.6) is 0 Å². The van der Waals surface area contributed by atoms with Crippen molar-refractivity contribution < 1.29 is 14.7 Å². The number of nitrogens with zero attached hydrogens (tertiary/aromatic N) is 2. The number of hydrogen-bond donors (Lipinski definition) is 2. The number of rotatable bonds is 2. The minimum Gasteiger partial charge on any atom is -0.478 e. The molecule has 0 bridgehead atoms. The molecule has 2 rings (SSSR count). The summed E-state index contributed by atoms with van der Waals surface area (Å²) in [5.41, 5.74) is 0.0964. The SMILES string of the molecule is O=C1CN(c2ncc(Br)cc2C(=O)O)CCCN1. The number of carboxylic acids is 1. The van der Waals surface area contributed by atoms with Gasteiger partial charge in [-0.2, -0.15) is 0 Å². The summed E-state index contributed by atoms with van der Waals surface area (Å²) in [5, 5.41) is 11.9. The molecule has 1 aliphatic rings. The highest BCUT2D eigenvalue weighted by Gasteiger charge is 2.21. The average molecular weight is 314 g/mol. The first-order chi connectivity index (χ1) is 8.58. The van der Waals surface area contributed by atoms with Gasteiger partial charge in [-0.05, 0) is 28.4 Å². The minimum absolute atomic E-state index is 0.0964. The van der Waals surface area contributed by atoms with Crippen LogP contribution in [0.25, 0.3) is 0 Å². The van der Waals surface area contributed by atoms with E-state index >= 15 is 0 Å². The molecule has 1 fully saturated rings. The molecule has 1 aliphatic heterocycles. The molecule has 1 saturated heterocycles. The summed E-state index contributed by atoms with van der Waals surface area (Å²) in [6.45, 7) is 1.34. The van der Waals surface area contributed by atoms with Crippen molar-refractivity contribution in [2.45, 2.75) is 6.42 Å². The van der Waals surface area contributed by atoms with Crippen LogP contribution in [0.2, 0.25) is 0 Å². The second-order valence-corrected chi connectivity index (χ2v) is 4.87. The van der Waals surface area contributed by atoms with Crippen LogP contribution in [0.4, 0.5) is 5.82 Å². The summed E-state index contributed by atoms with van der Waals surface area (Å²) in [6, 6.07) is 1.49. The largest absolute Gasteiger partial charge is 0.478 e. The van der Waals surface area contributed by atoms with E-state index in [2.05, 4.69) is 26.2 Å². The molecule has 18 heavy (non-hydrogen) atoms. The Hall–Kier alpha value is -1.63. The molecule has 1 amide bonds. The summed E-state index contributed by atoms with van der Waals surface area (Å²) in [7, 11) is 0. The number of aromatic nitrogens is 1. The maximum absolute atomic E-state index is 11.5. The fraction of sp³-hybridized carbons (Fsp3) is 0.364. The Bertz CT molecular complexity index is 492. The molecule has 1 aromatic rings. The number of pyridine rings is 1. The number of nitrogens with one attached hydrogen (secondary N) is 1. The standard InChI is InChI=1S/C11H12BrN3O3/c12-7-4-8(11(17)18)10(14-5-7)15-3-1-2-13-9(16)6-15/h4-5H,1-3,6H2,(H,13,16)(H,17,18). The Morgan fingerprint density at radius 1 is 1.56 bits per heavy atom. The zero-order valence-electron chi connectivity index (χ0n) is 9.52. The molecule has 6 nitrogen and oxygen atoms in total. The first-order valence-corrected chi connectivity index (χ1v) is 6.27. The van der Waals surface area contributed by atoms with Gasteiger partial charge in [0, 0.05) is 23.8 Å². The normalized spacial score (nSPS) is 16.1. The maximum atomic E-state index is 11.5. The Balaban J connectivity index is 2.36. The van der Waals surface area contributed by atoms with E-state index in [0.717, 1.165) is 6.42 Å². The van der Waals surface area contributed by atoms with Gasteiger partial charge in [-0.25, -0.2) is 9.78 Å². The molecule has 0 saturated carbocycles. The van der Waals surface area contributed by atoms with Crippen molar-refractivity contribution in [1.82, 2.24) is 10.3 Å². The van der Waals surface area contributed by atoms with Crippen LogP contribution < -0.4 is 10.2 Å². The highest BCUT2D eigenvalue weighted by Crippen LogP contribution is 2.22. The Labute approximate surface area is 112 Å². The predicted molar refractivity (Wildman–Crippen MR) is 68.7 cm³/mol. The minimum atomic E-state index is -1.05. The molecule has 1 aromatic heterocycles. The van der Waals surface area contributed by atoms with Crippen LogP contribution in [-0.4, -0.2) is 41.6 Å². The second kappa shape index (κ2) is 5.34. The third-order valence-electron chi connectivity index (χ3n) is 2.62. The summed E-state index contributed by atoms with van der Waals surface area (Å²) < 4.78 is 0.600. The second-order valence-electron chi connectivity index (χ2n) is 3.95. The molecule has 0 unspecified atom stereocenters. The lowest BCUT2D eigenvalue weighted by atomic mass is 10.2. The van der Waals surface area contributed by atoms with Gasteiger partial charge < -0.3 is 15.3 Å². The smallest absolute Gasteiger partial charge is 0.339 e. The van der Waals surface area contributed by atoms with Crippen molar-refractivity contribution in [3.63, 3.8) is 0 Å². The predicted octanol–water partition coefficient (Wildman–Crippen LogP) is 0.869. The number of aromatic carboxylic acids is 1. The van der Waals surface area contributed by atoms with Crippen molar-refractivity contribution in [2.75, 3.05) is 24.5 Å². The van der Waals surface area contributed by atoms with Gasteiger partial charge in [-0.3, -0.25) is 4.79 Å². The summed E-state index contributed by atoms with van der Waals surface area (Å²) in [5.74, 6) is -0.834. The number of carbonyl (C=O) groups is 2. The van der Waals surface area contributed by atoms with E-state index in [1.165, 1.54) is 12.3 Å². The number of anilines is 1. The molecule has 0 aliphatic carbocycles. The molecular formula is C11H12BrN3O3.